The molecule has 0 unspecified atom stereocenters. The summed E-state index contributed by atoms with van der Waals surface area (Å²) in [6, 6.07) is 0. The van der Waals surface area contributed by atoms with Crippen molar-refractivity contribution < 1.29 is 4.79 Å². The fraction of sp³-hybridized carbons (Fsp3) is 0.900. The Morgan fingerprint density at radius 1 is 1.14 bits per heavy atom. The summed E-state index contributed by atoms with van der Waals surface area (Å²) < 4.78 is 0. The zero-order valence-electron chi connectivity index (χ0n) is 9.15. The van der Waals surface area contributed by atoms with Crippen molar-refractivity contribution in [2.24, 2.45) is 5.41 Å². The molecular formula is C10H21N3O. The Kier molecular flexibility index (Phi) is 4.35. The normalized spacial score (nSPS) is 24.9. The van der Waals surface area contributed by atoms with Crippen molar-refractivity contribution in [3.63, 3.8) is 0 Å². The van der Waals surface area contributed by atoms with Crippen LogP contribution in [0.1, 0.15) is 26.7 Å². The minimum Gasteiger partial charge on any atom is -0.343 e. The number of rotatable bonds is 0. The Morgan fingerprint density at radius 3 is 2.36 bits per heavy atom. The summed E-state index contributed by atoms with van der Waals surface area (Å²) in [6.07, 6.45) is 1.93. The van der Waals surface area contributed by atoms with Gasteiger partial charge in [0, 0.05) is 6.54 Å². The molecule has 0 aromatic carbocycles. The molecule has 0 aliphatic carbocycles. The molecule has 1 spiro atoms. The second kappa shape index (κ2) is 5.32. The highest BCUT2D eigenvalue weighted by molar-refractivity contribution is 5.83. The van der Waals surface area contributed by atoms with Gasteiger partial charge in [-0.1, -0.05) is 13.8 Å². The van der Waals surface area contributed by atoms with Crippen LogP contribution in [-0.2, 0) is 4.79 Å². The molecule has 2 aliphatic heterocycles. The molecule has 0 aromatic rings. The fourth-order valence-electron chi connectivity index (χ4n) is 2.02. The topological polar surface area (TPSA) is 53.2 Å². The third kappa shape index (κ3) is 2.25. The highest BCUT2D eigenvalue weighted by atomic mass is 16.2. The number of hydrogen-bond acceptors (Lipinski definition) is 3. The molecule has 0 bridgehead atoms. The van der Waals surface area contributed by atoms with Gasteiger partial charge in [-0.05, 0) is 25.9 Å². The highest BCUT2D eigenvalue weighted by Gasteiger charge is 2.40. The van der Waals surface area contributed by atoms with Crippen LogP contribution in [0.15, 0.2) is 0 Å². The summed E-state index contributed by atoms with van der Waals surface area (Å²) in [7, 11) is 0. The van der Waals surface area contributed by atoms with Gasteiger partial charge in [-0.25, -0.2) is 0 Å². The Labute approximate surface area is 85.8 Å². The molecule has 2 aliphatic rings. The zero-order valence-corrected chi connectivity index (χ0v) is 9.15. The molecular weight excluding hydrogens is 178 g/mol. The second-order valence-corrected chi connectivity index (χ2v) is 3.64. The predicted molar refractivity (Wildman–Crippen MR) is 56.9 cm³/mol. The summed E-state index contributed by atoms with van der Waals surface area (Å²) in [6.45, 7) is 7.42. The van der Waals surface area contributed by atoms with E-state index in [2.05, 4.69) is 16.0 Å². The molecule has 0 saturated carbocycles. The van der Waals surface area contributed by atoms with E-state index in [9.17, 15) is 4.79 Å². The smallest absolute Gasteiger partial charge is 0.228 e. The second-order valence-electron chi connectivity index (χ2n) is 3.64. The van der Waals surface area contributed by atoms with Crippen LogP contribution in [0.4, 0.5) is 0 Å². The van der Waals surface area contributed by atoms with Crippen LogP contribution in [0.5, 0.6) is 0 Å². The molecule has 3 N–H and O–H groups in total. The van der Waals surface area contributed by atoms with E-state index in [1.165, 1.54) is 0 Å². The van der Waals surface area contributed by atoms with Crippen molar-refractivity contribution in [2.45, 2.75) is 26.7 Å². The van der Waals surface area contributed by atoms with Gasteiger partial charge in [0.1, 0.15) is 0 Å². The van der Waals surface area contributed by atoms with Crippen molar-refractivity contribution in [1.29, 1.82) is 0 Å². The molecule has 4 heteroatoms. The molecule has 2 rings (SSSR count). The number of nitrogens with one attached hydrogen (secondary N) is 3. The Morgan fingerprint density at radius 2 is 1.79 bits per heavy atom. The third-order valence-corrected chi connectivity index (χ3v) is 2.88. The fourth-order valence-corrected chi connectivity index (χ4v) is 2.02. The quantitative estimate of drug-likeness (QED) is 0.517. The Bertz CT molecular complexity index is 180. The number of carbonyl (C=O) groups is 1. The predicted octanol–water partition coefficient (Wildman–Crippen LogP) is 0.0593. The maximum atomic E-state index is 11.6. The summed E-state index contributed by atoms with van der Waals surface area (Å²) >= 11 is 0. The first-order valence-corrected chi connectivity index (χ1v) is 5.53. The lowest BCUT2D eigenvalue weighted by Gasteiger charge is -2.39. The summed E-state index contributed by atoms with van der Waals surface area (Å²) in [5.41, 5.74) is -0.108. The molecule has 82 valence electrons. The minimum absolute atomic E-state index is 0.108. The lowest BCUT2D eigenvalue weighted by atomic mass is 9.77. The molecule has 0 atom stereocenters. The lowest BCUT2D eigenvalue weighted by molar-refractivity contribution is -0.134. The third-order valence-electron chi connectivity index (χ3n) is 2.88. The first kappa shape index (κ1) is 11.5. The number of hydrogen-bond donors (Lipinski definition) is 3. The van der Waals surface area contributed by atoms with E-state index in [1.807, 2.05) is 13.8 Å². The van der Waals surface area contributed by atoms with Crippen molar-refractivity contribution in [2.75, 3.05) is 26.3 Å². The molecule has 0 radical (unpaired) electrons. The van der Waals surface area contributed by atoms with Gasteiger partial charge in [0.05, 0.1) is 12.1 Å². The van der Waals surface area contributed by atoms with Gasteiger partial charge in [0.15, 0.2) is 0 Å². The van der Waals surface area contributed by atoms with Gasteiger partial charge in [-0.3, -0.25) is 10.1 Å². The van der Waals surface area contributed by atoms with E-state index >= 15 is 0 Å². The van der Waals surface area contributed by atoms with Gasteiger partial charge < -0.3 is 10.6 Å². The van der Waals surface area contributed by atoms with Gasteiger partial charge >= 0.3 is 0 Å². The highest BCUT2D eigenvalue weighted by Crippen LogP contribution is 2.29. The molecule has 2 saturated heterocycles. The maximum absolute atomic E-state index is 11.6. The van der Waals surface area contributed by atoms with E-state index in [-0.39, 0.29) is 11.3 Å². The van der Waals surface area contributed by atoms with E-state index in [4.69, 9.17) is 0 Å². The van der Waals surface area contributed by atoms with Gasteiger partial charge in [-0.15, -0.1) is 0 Å². The van der Waals surface area contributed by atoms with Crippen LogP contribution >= 0.6 is 0 Å². The largest absolute Gasteiger partial charge is 0.343 e. The summed E-state index contributed by atoms with van der Waals surface area (Å²) in [5.74, 6) is 0.239. The number of amides is 1. The SMILES string of the molecule is CC.O=C1NCNCC12CCNCC2. The van der Waals surface area contributed by atoms with Crippen molar-refractivity contribution in [1.82, 2.24) is 16.0 Å². The lowest BCUT2D eigenvalue weighted by Crippen LogP contribution is -2.59. The van der Waals surface area contributed by atoms with Crippen molar-refractivity contribution in [3.05, 3.63) is 0 Å². The molecule has 2 fully saturated rings. The summed E-state index contributed by atoms with van der Waals surface area (Å²) in [5, 5.41) is 9.35. The Balaban J connectivity index is 0.000000461. The van der Waals surface area contributed by atoms with Crippen LogP contribution in [0, 0.1) is 5.41 Å². The van der Waals surface area contributed by atoms with Crippen LogP contribution in [-0.4, -0.2) is 32.2 Å². The van der Waals surface area contributed by atoms with Crippen LogP contribution in [0.2, 0.25) is 0 Å². The average Bonchev–Trinajstić information content (AvgIpc) is 2.27. The molecule has 1 amide bonds. The zero-order chi connectivity index (χ0) is 10.4. The standard InChI is InChI=1S/C8H15N3O.C2H6/c12-7-8(5-10-6-11-7)1-3-9-4-2-8;1-2/h9-10H,1-6H2,(H,11,12);1-2H3. The van der Waals surface area contributed by atoms with Crippen molar-refractivity contribution >= 4 is 5.91 Å². The summed E-state index contributed by atoms with van der Waals surface area (Å²) in [4.78, 5) is 11.6. The van der Waals surface area contributed by atoms with Gasteiger partial charge in [0.25, 0.3) is 0 Å². The van der Waals surface area contributed by atoms with E-state index in [0.717, 1.165) is 32.5 Å². The van der Waals surface area contributed by atoms with E-state index in [0.29, 0.717) is 6.67 Å². The maximum Gasteiger partial charge on any atom is 0.228 e. The number of piperidine rings is 1. The average molecular weight is 199 g/mol. The van der Waals surface area contributed by atoms with Crippen LogP contribution in [0.3, 0.4) is 0 Å². The molecule has 14 heavy (non-hydrogen) atoms. The van der Waals surface area contributed by atoms with Gasteiger partial charge in [-0.2, -0.15) is 0 Å². The van der Waals surface area contributed by atoms with E-state index in [1.54, 1.807) is 0 Å². The monoisotopic (exact) mass is 199 g/mol. The molecule has 4 nitrogen and oxygen atoms in total. The molecule has 0 aromatic heterocycles. The first-order chi connectivity index (χ1) is 6.83. The van der Waals surface area contributed by atoms with Gasteiger partial charge in [0.2, 0.25) is 5.91 Å². The first-order valence-electron chi connectivity index (χ1n) is 5.53. The van der Waals surface area contributed by atoms with E-state index < -0.39 is 0 Å². The Hall–Kier alpha value is -0.610. The van der Waals surface area contributed by atoms with Crippen LogP contribution in [0.25, 0.3) is 0 Å². The van der Waals surface area contributed by atoms with Crippen LogP contribution < -0.4 is 16.0 Å². The molecule has 2 heterocycles. The minimum atomic E-state index is -0.108. The number of carbonyl (C=O) groups excluding carboxylic acids is 1. The van der Waals surface area contributed by atoms with Crippen molar-refractivity contribution in [3.8, 4) is 0 Å².